The smallest absolute Gasteiger partial charge is 0.410 e. The highest BCUT2D eigenvalue weighted by Crippen LogP contribution is 2.51. The Bertz CT molecular complexity index is 1120. The van der Waals surface area contributed by atoms with Gasteiger partial charge in [-0.05, 0) is 94.3 Å². The fourth-order valence-electron chi connectivity index (χ4n) is 5.37. The lowest BCUT2D eigenvalue weighted by Crippen LogP contribution is -2.40. The van der Waals surface area contributed by atoms with Crippen LogP contribution in [-0.4, -0.2) is 42.2 Å². The first kappa shape index (κ1) is 24.5. The van der Waals surface area contributed by atoms with E-state index >= 15 is 0 Å². The molecule has 3 atom stereocenters. The standard InChI is InChI=1S/C29H37N3O4/c1-5-35-21-11-8-19(9-12-21)25-22-14-15-32(28(34)36-29(2,3)4)26(22)23-16-20(10-13-24(23)31-25)27(33)30-17-18-6-7-18/h8-13,16,18,22,25-26,31H,5-7,14-15,17H2,1-4H3,(H,30,33). The molecule has 0 bridgehead atoms. The number of nitrogens with zero attached hydrogens (tertiary/aromatic N) is 1. The first-order valence-electron chi connectivity index (χ1n) is 13.1. The summed E-state index contributed by atoms with van der Waals surface area (Å²) in [5.74, 6) is 1.55. The molecular formula is C29H37N3O4. The van der Waals surface area contributed by atoms with Crippen molar-refractivity contribution in [2.24, 2.45) is 11.8 Å². The number of hydrogen-bond acceptors (Lipinski definition) is 5. The number of hydrogen-bond donors (Lipinski definition) is 2. The molecule has 5 rings (SSSR count). The van der Waals surface area contributed by atoms with Crippen molar-refractivity contribution < 1.29 is 19.1 Å². The number of carbonyl (C=O) groups is 2. The van der Waals surface area contributed by atoms with Crippen molar-refractivity contribution in [3.63, 3.8) is 0 Å². The Kier molecular flexibility index (Phi) is 6.58. The summed E-state index contributed by atoms with van der Waals surface area (Å²) >= 11 is 0. The monoisotopic (exact) mass is 491 g/mol. The van der Waals surface area contributed by atoms with E-state index in [1.54, 1.807) is 0 Å². The molecule has 2 amide bonds. The summed E-state index contributed by atoms with van der Waals surface area (Å²) < 4.78 is 11.4. The Morgan fingerprint density at radius 2 is 1.83 bits per heavy atom. The Morgan fingerprint density at radius 3 is 2.50 bits per heavy atom. The van der Waals surface area contributed by atoms with Gasteiger partial charge < -0.3 is 25.0 Å². The third-order valence-electron chi connectivity index (χ3n) is 7.24. The second-order valence-corrected chi connectivity index (χ2v) is 11.2. The van der Waals surface area contributed by atoms with Gasteiger partial charge in [0.25, 0.3) is 5.91 Å². The van der Waals surface area contributed by atoms with Gasteiger partial charge in [0, 0.05) is 30.3 Å². The molecule has 0 radical (unpaired) electrons. The van der Waals surface area contributed by atoms with Gasteiger partial charge in [0.2, 0.25) is 0 Å². The zero-order chi connectivity index (χ0) is 25.4. The predicted molar refractivity (Wildman–Crippen MR) is 139 cm³/mol. The van der Waals surface area contributed by atoms with Crippen LogP contribution in [0.25, 0.3) is 0 Å². The van der Waals surface area contributed by atoms with Gasteiger partial charge in [-0.3, -0.25) is 4.79 Å². The average molecular weight is 492 g/mol. The average Bonchev–Trinajstić information content (AvgIpc) is 3.56. The lowest BCUT2D eigenvalue weighted by Gasteiger charge is -2.40. The van der Waals surface area contributed by atoms with E-state index in [1.165, 1.54) is 12.8 Å². The maximum Gasteiger partial charge on any atom is 0.410 e. The quantitative estimate of drug-likeness (QED) is 0.543. The van der Waals surface area contributed by atoms with Gasteiger partial charge in [0.15, 0.2) is 0 Å². The molecule has 36 heavy (non-hydrogen) atoms. The molecule has 7 nitrogen and oxygen atoms in total. The molecule has 2 fully saturated rings. The molecule has 0 aromatic heterocycles. The number of anilines is 1. The minimum absolute atomic E-state index is 0.0279. The normalized spacial score (nSPS) is 22.8. The van der Waals surface area contributed by atoms with E-state index in [0.29, 0.717) is 24.6 Å². The largest absolute Gasteiger partial charge is 0.494 e. The fraction of sp³-hybridized carbons (Fsp3) is 0.517. The third kappa shape index (κ3) is 5.15. The van der Waals surface area contributed by atoms with E-state index in [0.717, 1.165) is 35.5 Å². The number of rotatable bonds is 6. The molecule has 0 spiro atoms. The molecular weight excluding hydrogens is 454 g/mol. The van der Waals surface area contributed by atoms with Gasteiger partial charge in [-0.15, -0.1) is 0 Å². The Hall–Kier alpha value is -3.22. The van der Waals surface area contributed by atoms with Crippen molar-refractivity contribution in [3.05, 3.63) is 59.2 Å². The Morgan fingerprint density at radius 1 is 1.08 bits per heavy atom. The van der Waals surface area contributed by atoms with Crippen molar-refractivity contribution in [1.29, 1.82) is 0 Å². The summed E-state index contributed by atoms with van der Waals surface area (Å²) in [4.78, 5) is 28.0. The van der Waals surface area contributed by atoms with Crippen LogP contribution in [0.4, 0.5) is 10.5 Å². The van der Waals surface area contributed by atoms with Gasteiger partial charge in [-0.1, -0.05) is 12.1 Å². The molecule has 2 N–H and O–H groups in total. The maximum absolute atomic E-state index is 13.3. The summed E-state index contributed by atoms with van der Waals surface area (Å²) in [6, 6.07) is 13.9. The van der Waals surface area contributed by atoms with Gasteiger partial charge in [0.1, 0.15) is 11.4 Å². The second kappa shape index (κ2) is 9.68. The van der Waals surface area contributed by atoms with Crippen LogP contribution in [0.2, 0.25) is 0 Å². The topological polar surface area (TPSA) is 79.9 Å². The molecule has 2 aromatic carbocycles. The lowest BCUT2D eigenvalue weighted by atomic mass is 9.79. The molecule has 2 aliphatic heterocycles. The number of benzene rings is 2. The summed E-state index contributed by atoms with van der Waals surface area (Å²) in [5, 5.41) is 6.79. The zero-order valence-electron chi connectivity index (χ0n) is 21.7. The highest BCUT2D eigenvalue weighted by molar-refractivity contribution is 5.95. The number of fused-ring (bicyclic) bond motifs is 3. The predicted octanol–water partition coefficient (Wildman–Crippen LogP) is 5.69. The number of nitrogens with one attached hydrogen (secondary N) is 2. The molecule has 7 heteroatoms. The van der Waals surface area contributed by atoms with Crippen LogP contribution >= 0.6 is 0 Å². The summed E-state index contributed by atoms with van der Waals surface area (Å²) in [6.45, 7) is 9.60. The van der Waals surface area contributed by atoms with Crippen molar-refractivity contribution in [2.75, 3.05) is 25.0 Å². The van der Waals surface area contributed by atoms with Gasteiger partial charge >= 0.3 is 6.09 Å². The van der Waals surface area contributed by atoms with Crippen LogP contribution in [0.15, 0.2) is 42.5 Å². The van der Waals surface area contributed by atoms with E-state index in [-0.39, 0.29) is 30.0 Å². The van der Waals surface area contributed by atoms with Gasteiger partial charge in [0.05, 0.1) is 18.7 Å². The lowest BCUT2D eigenvalue weighted by molar-refractivity contribution is 0.0198. The molecule has 1 saturated heterocycles. The van der Waals surface area contributed by atoms with E-state index in [2.05, 4.69) is 22.8 Å². The molecule has 3 unspecified atom stereocenters. The second-order valence-electron chi connectivity index (χ2n) is 11.2. The number of carbonyl (C=O) groups excluding carboxylic acids is 2. The SMILES string of the molecule is CCOc1ccc(C2Nc3ccc(C(=O)NCC4CC4)cc3C3C2CCN3C(=O)OC(C)(C)C)cc1. The van der Waals surface area contributed by atoms with Crippen LogP contribution in [0.5, 0.6) is 5.75 Å². The van der Waals surface area contributed by atoms with Crippen LogP contribution in [-0.2, 0) is 4.74 Å². The number of likely N-dealkylation sites (tertiary alicyclic amines) is 1. The number of amides is 2. The van der Waals surface area contributed by atoms with Gasteiger partial charge in [-0.2, -0.15) is 0 Å². The van der Waals surface area contributed by atoms with Crippen molar-refractivity contribution >= 4 is 17.7 Å². The molecule has 1 saturated carbocycles. The van der Waals surface area contributed by atoms with E-state index in [9.17, 15) is 9.59 Å². The summed E-state index contributed by atoms with van der Waals surface area (Å²) in [5.41, 5.74) is 3.13. The van der Waals surface area contributed by atoms with Crippen molar-refractivity contribution in [3.8, 4) is 5.75 Å². The molecule has 192 valence electrons. The fourth-order valence-corrected chi connectivity index (χ4v) is 5.37. The molecule has 1 aliphatic carbocycles. The highest BCUT2D eigenvalue weighted by atomic mass is 16.6. The van der Waals surface area contributed by atoms with E-state index in [4.69, 9.17) is 9.47 Å². The highest BCUT2D eigenvalue weighted by Gasteiger charge is 2.47. The minimum Gasteiger partial charge on any atom is -0.494 e. The molecule has 2 aromatic rings. The number of ether oxygens (including phenoxy) is 2. The van der Waals surface area contributed by atoms with Crippen LogP contribution in [0.3, 0.4) is 0 Å². The first-order chi connectivity index (χ1) is 17.2. The van der Waals surface area contributed by atoms with Crippen LogP contribution < -0.4 is 15.4 Å². The third-order valence-corrected chi connectivity index (χ3v) is 7.24. The summed E-state index contributed by atoms with van der Waals surface area (Å²) in [7, 11) is 0. The Balaban J connectivity index is 1.48. The first-order valence-corrected chi connectivity index (χ1v) is 13.1. The van der Waals surface area contributed by atoms with Crippen molar-refractivity contribution in [2.45, 2.75) is 64.6 Å². The van der Waals surface area contributed by atoms with E-state index < -0.39 is 5.60 Å². The summed E-state index contributed by atoms with van der Waals surface area (Å²) in [6.07, 6.45) is 2.91. The van der Waals surface area contributed by atoms with E-state index in [1.807, 2.05) is 62.9 Å². The van der Waals surface area contributed by atoms with Gasteiger partial charge in [-0.25, -0.2) is 4.79 Å². The zero-order valence-corrected chi connectivity index (χ0v) is 21.7. The van der Waals surface area contributed by atoms with Crippen molar-refractivity contribution in [1.82, 2.24) is 10.2 Å². The van der Waals surface area contributed by atoms with Crippen LogP contribution in [0.1, 0.15) is 80.5 Å². The molecule has 3 aliphatic rings. The maximum atomic E-state index is 13.3. The minimum atomic E-state index is -0.579. The van der Waals surface area contributed by atoms with Crippen LogP contribution in [0, 0.1) is 11.8 Å². The molecule has 2 heterocycles. The Labute approximate surface area is 213 Å².